The molecule has 3 rings (SSSR count). The summed E-state index contributed by atoms with van der Waals surface area (Å²) in [5, 5.41) is 39.1. The number of hydrogen-bond acceptors (Lipinski definition) is 5. The largest absolute Gasteiger partial charge is 0.387 e. The molecule has 1 spiro atoms. The van der Waals surface area contributed by atoms with E-state index in [1.807, 2.05) is 0 Å². The Morgan fingerprint density at radius 1 is 1.16 bits per heavy atom. The smallest absolute Gasteiger partial charge is 0.113 e. The topological polar surface area (TPSA) is 93.7 Å². The zero-order valence-electron chi connectivity index (χ0n) is 10.2. The maximum Gasteiger partial charge on any atom is 0.113 e. The van der Waals surface area contributed by atoms with Crippen LogP contribution in [0.25, 0.3) is 0 Å². The second-order valence-electron chi connectivity index (χ2n) is 5.23. The van der Waals surface area contributed by atoms with Crippen LogP contribution in [0, 0.1) is 11.3 Å². The Hall–Kier alpha value is -1.45. The summed E-state index contributed by atoms with van der Waals surface area (Å²) in [5.74, 6) is 0. The Bertz CT molecular complexity index is 534. The maximum absolute atomic E-state index is 10.1. The molecule has 1 aromatic carbocycles. The van der Waals surface area contributed by atoms with Crippen molar-refractivity contribution in [2.24, 2.45) is 0 Å². The molecule has 0 bridgehead atoms. The summed E-state index contributed by atoms with van der Waals surface area (Å²) in [6.45, 7) is 0. The highest BCUT2D eigenvalue weighted by molar-refractivity contribution is 5.40. The molecule has 2 fully saturated rings. The molecule has 5 nitrogen and oxygen atoms in total. The van der Waals surface area contributed by atoms with Crippen LogP contribution in [-0.2, 0) is 4.74 Å². The number of ether oxygens (including phenoxy) is 1. The third kappa shape index (κ3) is 1.85. The van der Waals surface area contributed by atoms with Gasteiger partial charge in [0.1, 0.15) is 24.4 Å². The van der Waals surface area contributed by atoms with Crippen LogP contribution in [0.3, 0.4) is 0 Å². The summed E-state index contributed by atoms with van der Waals surface area (Å²) in [6, 6.07) is 8.88. The van der Waals surface area contributed by atoms with Crippen LogP contribution < -0.4 is 0 Å². The first kappa shape index (κ1) is 12.6. The summed E-state index contributed by atoms with van der Waals surface area (Å²) >= 11 is 0. The molecule has 1 aromatic rings. The van der Waals surface area contributed by atoms with Crippen molar-refractivity contribution < 1.29 is 20.1 Å². The molecule has 3 N–H and O–H groups in total. The first-order chi connectivity index (χ1) is 9.09. The van der Waals surface area contributed by atoms with E-state index in [1.54, 1.807) is 24.3 Å². The highest BCUT2D eigenvalue weighted by atomic mass is 16.6. The van der Waals surface area contributed by atoms with Crippen molar-refractivity contribution in [3.8, 4) is 6.07 Å². The fourth-order valence-electron chi connectivity index (χ4n) is 2.70. The Morgan fingerprint density at radius 2 is 1.84 bits per heavy atom. The second kappa shape index (κ2) is 4.29. The van der Waals surface area contributed by atoms with Crippen molar-refractivity contribution in [2.45, 2.75) is 42.9 Å². The average molecular weight is 261 g/mol. The molecule has 2 aliphatic rings. The van der Waals surface area contributed by atoms with Gasteiger partial charge in [-0.25, -0.2) is 0 Å². The van der Waals surface area contributed by atoms with Gasteiger partial charge in [0.15, 0.2) is 0 Å². The van der Waals surface area contributed by atoms with Crippen LogP contribution in [-0.4, -0.2) is 39.2 Å². The van der Waals surface area contributed by atoms with Gasteiger partial charge in [-0.1, -0.05) is 18.2 Å². The zero-order chi connectivity index (χ0) is 13.6. The number of benzene rings is 1. The fraction of sp³-hybridized carbons (Fsp3) is 0.500. The van der Waals surface area contributed by atoms with E-state index in [4.69, 9.17) is 10.00 Å². The number of aliphatic hydroxyl groups is 3. The molecule has 0 radical (unpaired) electrons. The predicted molar refractivity (Wildman–Crippen MR) is 65.0 cm³/mol. The molecule has 19 heavy (non-hydrogen) atoms. The minimum absolute atomic E-state index is 0.408. The Kier molecular flexibility index (Phi) is 2.84. The van der Waals surface area contributed by atoms with Crippen LogP contribution >= 0.6 is 0 Å². The summed E-state index contributed by atoms with van der Waals surface area (Å²) in [4.78, 5) is 0. The van der Waals surface area contributed by atoms with Crippen molar-refractivity contribution in [1.29, 1.82) is 5.26 Å². The zero-order valence-corrected chi connectivity index (χ0v) is 10.2. The summed E-state index contributed by atoms with van der Waals surface area (Å²) in [5.41, 5.74) is 0.201. The van der Waals surface area contributed by atoms with Crippen LogP contribution in [0.5, 0.6) is 0 Å². The fourth-order valence-corrected chi connectivity index (χ4v) is 2.70. The number of nitriles is 1. The van der Waals surface area contributed by atoms with Crippen LogP contribution in [0.1, 0.15) is 30.1 Å². The van der Waals surface area contributed by atoms with Gasteiger partial charge in [-0.15, -0.1) is 0 Å². The van der Waals surface area contributed by atoms with E-state index >= 15 is 0 Å². The molecule has 100 valence electrons. The molecular formula is C14H15NO4. The highest BCUT2D eigenvalue weighted by Crippen LogP contribution is 2.51. The van der Waals surface area contributed by atoms with Crippen molar-refractivity contribution in [3.63, 3.8) is 0 Å². The standard InChI is InChI=1S/C14H15NO4/c15-7-8-3-1-2-4-9(8)12-10(16)11(17)13(18)14(19-12)5-6-14/h1-4,10-13,16-18H,5-6H2/t10-,11-,12+,13+/m1/s1. The van der Waals surface area contributed by atoms with E-state index in [-0.39, 0.29) is 0 Å². The minimum atomic E-state index is -1.26. The monoisotopic (exact) mass is 261 g/mol. The molecule has 1 aliphatic heterocycles. The van der Waals surface area contributed by atoms with Crippen molar-refractivity contribution in [2.75, 3.05) is 0 Å². The van der Waals surface area contributed by atoms with Crippen molar-refractivity contribution in [1.82, 2.24) is 0 Å². The Morgan fingerprint density at radius 3 is 2.47 bits per heavy atom. The SMILES string of the molecule is N#Cc1ccccc1[C@@H]1OC2(CC2)[C@@H](O)[C@H](O)[C@H]1O. The number of hydrogen-bond donors (Lipinski definition) is 3. The average Bonchev–Trinajstić information content (AvgIpc) is 3.22. The normalized spacial score (nSPS) is 35.9. The van der Waals surface area contributed by atoms with E-state index in [1.165, 1.54) is 0 Å². The van der Waals surface area contributed by atoms with Crippen molar-refractivity contribution >= 4 is 0 Å². The summed E-state index contributed by atoms with van der Waals surface area (Å²) in [7, 11) is 0. The van der Waals surface area contributed by atoms with Gasteiger partial charge in [0.25, 0.3) is 0 Å². The minimum Gasteiger partial charge on any atom is -0.387 e. The van der Waals surface area contributed by atoms with Crippen LogP contribution in [0.15, 0.2) is 24.3 Å². The van der Waals surface area contributed by atoms with Gasteiger partial charge < -0.3 is 20.1 Å². The molecule has 0 aromatic heterocycles. The Balaban J connectivity index is 1.98. The van der Waals surface area contributed by atoms with Gasteiger partial charge >= 0.3 is 0 Å². The van der Waals surface area contributed by atoms with E-state index in [9.17, 15) is 15.3 Å². The first-order valence-corrected chi connectivity index (χ1v) is 6.30. The van der Waals surface area contributed by atoms with Gasteiger partial charge in [0.2, 0.25) is 0 Å². The lowest BCUT2D eigenvalue weighted by Crippen LogP contribution is -2.55. The quantitative estimate of drug-likeness (QED) is 0.673. The van der Waals surface area contributed by atoms with Gasteiger partial charge in [-0.3, -0.25) is 0 Å². The molecule has 1 aliphatic carbocycles. The van der Waals surface area contributed by atoms with Gasteiger partial charge in [0, 0.05) is 5.56 Å². The first-order valence-electron chi connectivity index (χ1n) is 6.30. The molecule has 0 amide bonds. The van der Waals surface area contributed by atoms with E-state index in [0.717, 1.165) is 0 Å². The second-order valence-corrected chi connectivity index (χ2v) is 5.23. The molecule has 1 heterocycles. The number of nitrogens with zero attached hydrogens (tertiary/aromatic N) is 1. The molecular weight excluding hydrogens is 246 g/mol. The predicted octanol–water partition coefficient (Wildman–Crippen LogP) is 0.245. The van der Waals surface area contributed by atoms with Gasteiger partial charge in [0.05, 0.1) is 17.2 Å². The molecule has 4 atom stereocenters. The third-order valence-corrected chi connectivity index (χ3v) is 4.01. The van der Waals surface area contributed by atoms with E-state index in [2.05, 4.69) is 6.07 Å². The van der Waals surface area contributed by atoms with E-state index < -0.39 is 30.0 Å². The van der Waals surface area contributed by atoms with Gasteiger partial charge in [-0.05, 0) is 18.9 Å². The molecule has 1 saturated heterocycles. The lowest BCUT2D eigenvalue weighted by molar-refractivity contribution is -0.236. The maximum atomic E-state index is 10.1. The van der Waals surface area contributed by atoms with E-state index in [0.29, 0.717) is 24.0 Å². The van der Waals surface area contributed by atoms with Crippen molar-refractivity contribution in [3.05, 3.63) is 35.4 Å². The third-order valence-electron chi connectivity index (χ3n) is 4.01. The number of rotatable bonds is 1. The number of aliphatic hydroxyl groups excluding tert-OH is 3. The van der Waals surface area contributed by atoms with Crippen LogP contribution in [0.2, 0.25) is 0 Å². The molecule has 1 saturated carbocycles. The summed E-state index contributed by atoms with van der Waals surface area (Å²) in [6.07, 6.45) is -3.04. The highest BCUT2D eigenvalue weighted by Gasteiger charge is 2.60. The lowest BCUT2D eigenvalue weighted by Gasteiger charge is -2.41. The summed E-state index contributed by atoms with van der Waals surface area (Å²) < 4.78 is 5.80. The van der Waals surface area contributed by atoms with Crippen LogP contribution in [0.4, 0.5) is 0 Å². The molecule has 5 heteroatoms. The lowest BCUT2D eigenvalue weighted by atomic mass is 9.88. The van der Waals surface area contributed by atoms with Gasteiger partial charge in [-0.2, -0.15) is 5.26 Å². The molecule has 0 unspecified atom stereocenters. The Labute approximate surface area is 110 Å².